The number of aromatic nitrogens is 1. The third-order valence-electron chi connectivity index (χ3n) is 1.16. The van der Waals surface area contributed by atoms with Crippen LogP contribution in [0.15, 0.2) is 6.07 Å². The summed E-state index contributed by atoms with van der Waals surface area (Å²) in [6.07, 6.45) is 0. The number of amides is 1. The molecule has 0 radical (unpaired) electrons. The van der Waals surface area contributed by atoms with E-state index >= 15 is 0 Å². The molecule has 0 bridgehead atoms. The Morgan fingerprint density at radius 3 is 2.58 bits per heavy atom. The molecule has 1 aromatic heterocycles. The average Bonchev–Trinajstić information content (AvgIpc) is 1.99. The number of hydrogen-bond donors (Lipinski definition) is 2. The van der Waals surface area contributed by atoms with Crippen LogP contribution in [0.25, 0.3) is 0 Å². The summed E-state index contributed by atoms with van der Waals surface area (Å²) in [5.41, 5.74) is 4.82. The standard InChI is InChI=1S/C6H4Cl2N2O2/c7-2-1-3(6(9)12)10-5(8)4(2)11/h1,11H,(H2,9,12). The third kappa shape index (κ3) is 1.60. The smallest absolute Gasteiger partial charge is 0.267 e. The molecule has 1 aromatic rings. The summed E-state index contributed by atoms with van der Waals surface area (Å²) in [6.45, 7) is 0. The number of hydrogen-bond acceptors (Lipinski definition) is 3. The first-order chi connectivity index (χ1) is 5.52. The van der Waals surface area contributed by atoms with Crippen LogP contribution < -0.4 is 5.73 Å². The molecular formula is C6H4Cl2N2O2. The Morgan fingerprint density at radius 2 is 2.17 bits per heavy atom. The van der Waals surface area contributed by atoms with Crippen molar-refractivity contribution in [1.82, 2.24) is 4.98 Å². The van der Waals surface area contributed by atoms with Crippen LogP contribution in [0.4, 0.5) is 0 Å². The Labute approximate surface area is 77.9 Å². The van der Waals surface area contributed by atoms with Gasteiger partial charge in [-0.25, -0.2) is 4.98 Å². The number of nitrogens with two attached hydrogens (primary N) is 1. The molecule has 4 nitrogen and oxygen atoms in total. The molecule has 0 aliphatic rings. The number of rotatable bonds is 1. The van der Waals surface area contributed by atoms with Gasteiger partial charge in [0.2, 0.25) is 0 Å². The maximum atomic E-state index is 10.6. The van der Waals surface area contributed by atoms with Crippen LogP contribution in [-0.2, 0) is 0 Å². The highest BCUT2D eigenvalue weighted by atomic mass is 35.5. The van der Waals surface area contributed by atoms with E-state index in [9.17, 15) is 4.79 Å². The van der Waals surface area contributed by atoms with Crippen LogP contribution in [0.3, 0.4) is 0 Å². The quantitative estimate of drug-likeness (QED) is 0.679. The van der Waals surface area contributed by atoms with Gasteiger partial charge in [0.1, 0.15) is 5.69 Å². The van der Waals surface area contributed by atoms with E-state index in [1.807, 2.05) is 0 Å². The van der Waals surface area contributed by atoms with Crippen molar-refractivity contribution in [2.24, 2.45) is 5.73 Å². The van der Waals surface area contributed by atoms with Crippen LogP contribution >= 0.6 is 23.2 Å². The Balaban J connectivity index is 3.31. The second-order valence-electron chi connectivity index (χ2n) is 1.99. The highest BCUT2D eigenvalue weighted by molar-refractivity contribution is 6.36. The van der Waals surface area contributed by atoms with Gasteiger partial charge in [0.25, 0.3) is 5.91 Å². The number of primary amides is 1. The maximum Gasteiger partial charge on any atom is 0.267 e. The molecule has 0 saturated heterocycles. The van der Waals surface area contributed by atoms with Gasteiger partial charge in [-0.1, -0.05) is 23.2 Å². The van der Waals surface area contributed by atoms with Crippen molar-refractivity contribution in [3.05, 3.63) is 21.9 Å². The summed E-state index contributed by atoms with van der Waals surface area (Å²) in [5, 5.41) is 8.74. The molecular weight excluding hydrogens is 203 g/mol. The predicted molar refractivity (Wildman–Crippen MR) is 44.4 cm³/mol. The number of carbonyl (C=O) groups is 1. The van der Waals surface area contributed by atoms with Gasteiger partial charge in [-0.15, -0.1) is 0 Å². The minimum Gasteiger partial charge on any atom is -0.504 e. The Kier molecular flexibility index (Phi) is 2.40. The molecule has 1 rings (SSSR count). The van der Waals surface area contributed by atoms with E-state index in [2.05, 4.69) is 4.98 Å². The zero-order chi connectivity index (χ0) is 9.30. The Bertz CT molecular complexity index is 317. The van der Waals surface area contributed by atoms with E-state index in [0.29, 0.717) is 0 Å². The van der Waals surface area contributed by atoms with Gasteiger partial charge < -0.3 is 10.8 Å². The number of aromatic hydroxyl groups is 1. The monoisotopic (exact) mass is 206 g/mol. The normalized spacial score (nSPS) is 9.83. The molecule has 1 heterocycles. The highest BCUT2D eigenvalue weighted by Crippen LogP contribution is 2.29. The number of halogens is 2. The number of pyridine rings is 1. The Morgan fingerprint density at radius 1 is 1.58 bits per heavy atom. The van der Waals surface area contributed by atoms with Crippen molar-refractivity contribution in [2.45, 2.75) is 0 Å². The van der Waals surface area contributed by atoms with E-state index < -0.39 is 5.91 Å². The molecule has 0 aromatic carbocycles. The average molecular weight is 207 g/mol. The van der Waals surface area contributed by atoms with Crippen LogP contribution in [-0.4, -0.2) is 16.0 Å². The van der Waals surface area contributed by atoms with Crippen LogP contribution in [0.5, 0.6) is 5.75 Å². The van der Waals surface area contributed by atoms with Gasteiger partial charge in [0.05, 0.1) is 5.02 Å². The minimum absolute atomic E-state index is 0.0520. The molecule has 0 aliphatic carbocycles. The second kappa shape index (κ2) is 3.16. The lowest BCUT2D eigenvalue weighted by molar-refractivity contribution is 0.0995. The van der Waals surface area contributed by atoms with Crippen molar-refractivity contribution in [3.63, 3.8) is 0 Å². The largest absolute Gasteiger partial charge is 0.504 e. The van der Waals surface area contributed by atoms with Gasteiger partial charge in [0, 0.05) is 0 Å². The van der Waals surface area contributed by atoms with Crippen molar-refractivity contribution >= 4 is 29.1 Å². The third-order valence-corrected chi connectivity index (χ3v) is 1.71. The fourth-order valence-corrected chi connectivity index (χ4v) is 1.04. The zero-order valence-electron chi connectivity index (χ0n) is 5.71. The summed E-state index contributed by atoms with van der Waals surface area (Å²) in [4.78, 5) is 14.1. The molecule has 0 aliphatic heterocycles. The molecule has 1 amide bonds. The maximum absolute atomic E-state index is 10.6. The predicted octanol–water partition coefficient (Wildman–Crippen LogP) is 1.19. The van der Waals surface area contributed by atoms with Crippen LogP contribution in [0.1, 0.15) is 10.5 Å². The van der Waals surface area contributed by atoms with E-state index in [4.69, 9.17) is 34.0 Å². The molecule has 0 fully saturated rings. The van der Waals surface area contributed by atoms with E-state index in [-0.39, 0.29) is 21.6 Å². The second-order valence-corrected chi connectivity index (χ2v) is 2.76. The van der Waals surface area contributed by atoms with E-state index in [0.717, 1.165) is 6.07 Å². The van der Waals surface area contributed by atoms with Crippen molar-refractivity contribution in [3.8, 4) is 5.75 Å². The fourth-order valence-electron chi connectivity index (χ4n) is 0.604. The molecule has 6 heteroatoms. The summed E-state index contributed by atoms with van der Waals surface area (Å²) in [5.74, 6) is -1.11. The highest BCUT2D eigenvalue weighted by Gasteiger charge is 2.10. The molecule has 0 atom stereocenters. The lowest BCUT2D eigenvalue weighted by Gasteiger charge is -2.00. The van der Waals surface area contributed by atoms with Gasteiger partial charge in [0.15, 0.2) is 10.9 Å². The summed E-state index contributed by atoms with van der Waals surface area (Å²) in [6, 6.07) is 1.14. The van der Waals surface area contributed by atoms with Gasteiger partial charge >= 0.3 is 0 Å². The van der Waals surface area contributed by atoms with Crippen molar-refractivity contribution in [1.29, 1.82) is 0 Å². The first-order valence-corrected chi connectivity index (χ1v) is 3.62. The number of carbonyl (C=O) groups excluding carboxylic acids is 1. The van der Waals surface area contributed by atoms with Crippen molar-refractivity contribution in [2.75, 3.05) is 0 Å². The Hall–Kier alpha value is -1.00. The SMILES string of the molecule is NC(=O)c1cc(Cl)c(O)c(Cl)n1. The molecule has 0 spiro atoms. The summed E-state index contributed by atoms with van der Waals surface area (Å²) >= 11 is 10.9. The summed E-state index contributed by atoms with van der Waals surface area (Å²) < 4.78 is 0. The lowest BCUT2D eigenvalue weighted by Crippen LogP contribution is -2.12. The number of nitrogens with zero attached hydrogens (tertiary/aromatic N) is 1. The molecule has 3 N–H and O–H groups in total. The molecule has 0 unspecified atom stereocenters. The van der Waals surface area contributed by atoms with Gasteiger partial charge in [-0.05, 0) is 6.07 Å². The van der Waals surface area contributed by atoms with Crippen molar-refractivity contribution < 1.29 is 9.90 Å². The van der Waals surface area contributed by atoms with E-state index in [1.165, 1.54) is 0 Å². The fraction of sp³-hybridized carbons (Fsp3) is 0. The molecule has 64 valence electrons. The molecule has 12 heavy (non-hydrogen) atoms. The van der Waals surface area contributed by atoms with E-state index in [1.54, 1.807) is 0 Å². The zero-order valence-corrected chi connectivity index (χ0v) is 7.23. The van der Waals surface area contributed by atoms with Gasteiger partial charge in [-0.3, -0.25) is 4.79 Å². The van der Waals surface area contributed by atoms with Crippen LogP contribution in [0.2, 0.25) is 10.2 Å². The lowest BCUT2D eigenvalue weighted by atomic mass is 10.3. The first-order valence-electron chi connectivity index (χ1n) is 2.87. The first kappa shape index (κ1) is 9.09. The topological polar surface area (TPSA) is 76.2 Å². The summed E-state index contributed by atoms with van der Waals surface area (Å²) in [7, 11) is 0. The van der Waals surface area contributed by atoms with Gasteiger partial charge in [-0.2, -0.15) is 0 Å². The van der Waals surface area contributed by atoms with Crippen LogP contribution in [0, 0.1) is 0 Å². The minimum atomic E-state index is -0.751. The molecule has 0 saturated carbocycles.